The van der Waals surface area contributed by atoms with Crippen LogP contribution in [0.15, 0.2) is 22.6 Å². The number of hydrogen-bond donors (Lipinski definition) is 0. The SMILES string of the molecule is Cc1nnn(Cc2cccc(Cl)c2CC(C)C(=O)N2CCC(Cc3nnc(C)o3)CC2)n1. The molecule has 3 aromatic rings. The fourth-order valence-electron chi connectivity index (χ4n) is 4.25. The Labute approximate surface area is 192 Å². The summed E-state index contributed by atoms with van der Waals surface area (Å²) in [5.41, 5.74) is 1.97. The Kier molecular flexibility index (Phi) is 6.83. The van der Waals surface area contributed by atoms with Crippen molar-refractivity contribution in [2.75, 3.05) is 13.1 Å². The maximum atomic E-state index is 13.2. The van der Waals surface area contributed by atoms with Crippen LogP contribution in [0, 0.1) is 25.7 Å². The highest BCUT2D eigenvalue weighted by Gasteiger charge is 2.28. The summed E-state index contributed by atoms with van der Waals surface area (Å²) in [6.45, 7) is 7.54. The summed E-state index contributed by atoms with van der Waals surface area (Å²) in [5.74, 6) is 2.35. The fourth-order valence-corrected chi connectivity index (χ4v) is 4.52. The molecule has 1 atom stereocenters. The van der Waals surface area contributed by atoms with Crippen LogP contribution in [-0.4, -0.2) is 54.3 Å². The maximum Gasteiger partial charge on any atom is 0.225 e. The predicted molar refractivity (Wildman–Crippen MR) is 118 cm³/mol. The quantitative estimate of drug-likeness (QED) is 0.537. The lowest BCUT2D eigenvalue weighted by Gasteiger charge is -2.33. The summed E-state index contributed by atoms with van der Waals surface area (Å²) in [6.07, 6.45) is 3.23. The average Bonchev–Trinajstić information content (AvgIpc) is 3.37. The van der Waals surface area contributed by atoms with E-state index in [0.29, 0.717) is 41.5 Å². The molecule has 0 spiro atoms. The van der Waals surface area contributed by atoms with Gasteiger partial charge in [-0.2, -0.15) is 4.80 Å². The molecule has 32 heavy (non-hydrogen) atoms. The standard InChI is InChI=1S/C22H28ClN7O2/c1-14(11-19-18(5-4-6-20(19)23)13-30-27-15(2)24-28-30)22(31)29-9-7-17(8-10-29)12-21-26-25-16(3)32-21/h4-6,14,17H,7-13H2,1-3H3. The number of aryl methyl sites for hydroxylation is 2. The third-order valence-electron chi connectivity index (χ3n) is 5.97. The average molecular weight is 458 g/mol. The van der Waals surface area contributed by atoms with Crippen molar-refractivity contribution in [3.05, 3.63) is 52.0 Å². The van der Waals surface area contributed by atoms with Crippen LogP contribution in [-0.2, 0) is 24.2 Å². The third kappa shape index (κ3) is 5.32. The summed E-state index contributed by atoms with van der Waals surface area (Å²) in [7, 11) is 0. The van der Waals surface area contributed by atoms with Crippen LogP contribution in [0.2, 0.25) is 5.02 Å². The van der Waals surface area contributed by atoms with Gasteiger partial charge < -0.3 is 9.32 Å². The van der Waals surface area contributed by atoms with Crippen molar-refractivity contribution in [3.8, 4) is 0 Å². The number of nitrogens with zero attached hydrogens (tertiary/aromatic N) is 7. The summed E-state index contributed by atoms with van der Waals surface area (Å²) in [5, 5.41) is 20.9. The highest BCUT2D eigenvalue weighted by atomic mass is 35.5. The van der Waals surface area contributed by atoms with Crippen molar-refractivity contribution < 1.29 is 9.21 Å². The van der Waals surface area contributed by atoms with Crippen LogP contribution in [0.5, 0.6) is 0 Å². The van der Waals surface area contributed by atoms with E-state index in [1.807, 2.05) is 30.0 Å². The van der Waals surface area contributed by atoms with Gasteiger partial charge in [0.05, 0.1) is 6.54 Å². The molecule has 1 amide bonds. The van der Waals surface area contributed by atoms with E-state index in [4.69, 9.17) is 16.0 Å². The Morgan fingerprint density at radius 3 is 2.66 bits per heavy atom. The number of benzene rings is 1. The van der Waals surface area contributed by atoms with Crippen LogP contribution in [0.25, 0.3) is 0 Å². The molecule has 1 unspecified atom stereocenters. The van der Waals surface area contributed by atoms with Crippen LogP contribution in [0.1, 0.15) is 48.5 Å². The van der Waals surface area contributed by atoms with Gasteiger partial charge in [0, 0.05) is 37.4 Å². The molecular formula is C22H28ClN7O2. The second-order valence-electron chi connectivity index (χ2n) is 8.54. The molecule has 9 nitrogen and oxygen atoms in total. The predicted octanol–water partition coefficient (Wildman–Crippen LogP) is 3.03. The van der Waals surface area contributed by atoms with E-state index in [0.717, 1.165) is 43.5 Å². The molecule has 0 saturated carbocycles. The largest absolute Gasteiger partial charge is 0.426 e. The summed E-state index contributed by atoms with van der Waals surface area (Å²) < 4.78 is 5.50. The first-order valence-electron chi connectivity index (χ1n) is 11.0. The summed E-state index contributed by atoms with van der Waals surface area (Å²) >= 11 is 6.52. The highest BCUT2D eigenvalue weighted by Crippen LogP contribution is 2.27. The number of amides is 1. The summed E-state index contributed by atoms with van der Waals surface area (Å²) in [6, 6.07) is 5.78. The molecule has 3 heterocycles. The van der Waals surface area contributed by atoms with E-state index in [-0.39, 0.29) is 11.8 Å². The number of aromatic nitrogens is 6. The lowest BCUT2D eigenvalue weighted by atomic mass is 9.91. The van der Waals surface area contributed by atoms with Gasteiger partial charge >= 0.3 is 0 Å². The number of carbonyl (C=O) groups excluding carboxylic acids is 1. The lowest BCUT2D eigenvalue weighted by Crippen LogP contribution is -2.42. The first-order chi connectivity index (χ1) is 15.4. The fraction of sp³-hybridized carbons (Fsp3) is 0.545. The Morgan fingerprint density at radius 1 is 1.22 bits per heavy atom. The Morgan fingerprint density at radius 2 is 2.00 bits per heavy atom. The molecule has 1 aromatic carbocycles. The zero-order chi connectivity index (χ0) is 22.7. The van der Waals surface area contributed by atoms with Crippen molar-refractivity contribution in [2.24, 2.45) is 11.8 Å². The number of hydrogen-bond acceptors (Lipinski definition) is 7. The van der Waals surface area contributed by atoms with Crippen molar-refractivity contribution in [3.63, 3.8) is 0 Å². The minimum Gasteiger partial charge on any atom is -0.426 e. The zero-order valence-electron chi connectivity index (χ0n) is 18.7. The van der Waals surface area contributed by atoms with Gasteiger partial charge in [-0.05, 0) is 54.5 Å². The molecule has 1 fully saturated rings. The number of rotatable bonds is 7. The van der Waals surface area contributed by atoms with E-state index in [1.54, 1.807) is 18.6 Å². The maximum absolute atomic E-state index is 13.2. The molecule has 0 N–H and O–H groups in total. The van der Waals surface area contributed by atoms with E-state index in [2.05, 4.69) is 25.6 Å². The second-order valence-corrected chi connectivity index (χ2v) is 8.94. The van der Waals surface area contributed by atoms with Gasteiger partial charge in [-0.15, -0.1) is 20.4 Å². The Balaban J connectivity index is 1.36. The smallest absolute Gasteiger partial charge is 0.225 e. The van der Waals surface area contributed by atoms with Crippen LogP contribution in [0.4, 0.5) is 0 Å². The lowest BCUT2D eigenvalue weighted by molar-refractivity contribution is -0.136. The highest BCUT2D eigenvalue weighted by molar-refractivity contribution is 6.31. The second kappa shape index (κ2) is 9.77. The molecule has 0 radical (unpaired) electrons. The van der Waals surface area contributed by atoms with E-state index >= 15 is 0 Å². The number of carbonyl (C=O) groups is 1. The molecule has 2 aromatic heterocycles. The monoisotopic (exact) mass is 457 g/mol. The van der Waals surface area contributed by atoms with Gasteiger partial charge in [0.25, 0.3) is 0 Å². The first-order valence-corrected chi connectivity index (χ1v) is 11.3. The van der Waals surface area contributed by atoms with Gasteiger partial charge in [0.2, 0.25) is 17.7 Å². The van der Waals surface area contributed by atoms with Crippen molar-refractivity contribution in [1.82, 2.24) is 35.3 Å². The van der Waals surface area contributed by atoms with Gasteiger partial charge in [-0.1, -0.05) is 30.7 Å². The molecule has 1 saturated heterocycles. The Bertz CT molecular complexity index is 1070. The van der Waals surface area contributed by atoms with E-state index in [9.17, 15) is 4.79 Å². The summed E-state index contributed by atoms with van der Waals surface area (Å²) in [4.78, 5) is 16.7. The minimum atomic E-state index is -0.172. The van der Waals surface area contributed by atoms with Gasteiger partial charge in [-0.3, -0.25) is 4.79 Å². The van der Waals surface area contributed by atoms with E-state index < -0.39 is 0 Å². The third-order valence-corrected chi connectivity index (χ3v) is 6.32. The zero-order valence-corrected chi connectivity index (χ0v) is 19.4. The van der Waals surface area contributed by atoms with Crippen LogP contribution in [0.3, 0.4) is 0 Å². The van der Waals surface area contributed by atoms with Gasteiger partial charge in [0.15, 0.2) is 5.82 Å². The van der Waals surface area contributed by atoms with Crippen LogP contribution >= 0.6 is 11.6 Å². The molecule has 0 aliphatic carbocycles. The number of tetrazole rings is 1. The minimum absolute atomic E-state index is 0.165. The molecule has 4 rings (SSSR count). The Hall–Kier alpha value is -2.81. The number of halogens is 1. The van der Waals surface area contributed by atoms with Gasteiger partial charge in [-0.25, -0.2) is 0 Å². The first kappa shape index (κ1) is 22.4. The topological polar surface area (TPSA) is 103 Å². The van der Waals surface area contributed by atoms with Crippen molar-refractivity contribution in [1.29, 1.82) is 0 Å². The normalized spacial score (nSPS) is 15.8. The van der Waals surface area contributed by atoms with E-state index in [1.165, 1.54) is 0 Å². The number of likely N-dealkylation sites (tertiary alicyclic amines) is 1. The molecular weight excluding hydrogens is 430 g/mol. The molecule has 1 aliphatic heterocycles. The molecule has 170 valence electrons. The molecule has 0 bridgehead atoms. The van der Waals surface area contributed by atoms with Gasteiger partial charge in [0.1, 0.15) is 0 Å². The molecule has 10 heteroatoms. The van der Waals surface area contributed by atoms with Crippen molar-refractivity contribution >= 4 is 17.5 Å². The molecule has 1 aliphatic rings. The van der Waals surface area contributed by atoms with Crippen molar-refractivity contribution in [2.45, 2.75) is 53.0 Å². The number of piperidine rings is 1. The van der Waals surface area contributed by atoms with Crippen LogP contribution < -0.4 is 0 Å².